The van der Waals surface area contributed by atoms with Crippen LogP contribution in [0.5, 0.6) is 17.2 Å². The van der Waals surface area contributed by atoms with Gasteiger partial charge in [-0.1, -0.05) is 11.6 Å². The lowest BCUT2D eigenvalue weighted by atomic mass is 10.1. The molecule has 1 aromatic carbocycles. The minimum absolute atomic E-state index is 0.0322. The first-order valence-electron chi connectivity index (χ1n) is 10.2. The summed E-state index contributed by atoms with van der Waals surface area (Å²) in [4.78, 5) is 17.3. The Bertz CT molecular complexity index is 1300. The topological polar surface area (TPSA) is 124 Å². The van der Waals surface area contributed by atoms with Gasteiger partial charge in [0.05, 0.1) is 29.6 Å². The van der Waals surface area contributed by atoms with Gasteiger partial charge >= 0.3 is 0 Å². The molecule has 0 fully saturated rings. The Morgan fingerprint density at radius 1 is 1.32 bits per heavy atom. The van der Waals surface area contributed by atoms with Crippen molar-refractivity contribution in [1.82, 2.24) is 9.55 Å². The molecule has 0 unspecified atom stereocenters. The lowest BCUT2D eigenvalue weighted by molar-refractivity contribution is -0.614. The normalized spacial score (nSPS) is 11.7. The number of rotatable bonds is 8. The molecular weight excluding hydrogens is 467 g/mol. The van der Waals surface area contributed by atoms with Crippen LogP contribution >= 0.6 is 11.6 Å². The zero-order chi connectivity index (χ0) is 25.0. The van der Waals surface area contributed by atoms with Crippen LogP contribution in [0.15, 0.2) is 35.5 Å². The predicted octanol–water partition coefficient (Wildman–Crippen LogP) is 3.26. The highest BCUT2D eigenvalue weighted by atomic mass is 35.5. The van der Waals surface area contributed by atoms with Crippen molar-refractivity contribution in [3.05, 3.63) is 79.4 Å². The van der Waals surface area contributed by atoms with Gasteiger partial charge in [-0.05, 0) is 38.5 Å². The Labute approximate surface area is 199 Å². The van der Waals surface area contributed by atoms with Crippen LogP contribution in [0.2, 0.25) is 5.02 Å². The van der Waals surface area contributed by atoms with Crippen LogP contribution in [0.3, 0.4) is 0 Å². The standard InChI is InChI=1S/C23H22ClFN4O5/c1-13-7-17(29(32)11-19(13)33-5-4-30)10-28-12-27-20(15(3)25)22(23(28)31)34-21-14(2)6-16(9-26)8-18(21)24/h6-8,11-12,15,30H,4-5,10H2,1-3H3/t15-/m1/s1. The molecule has 0 saturated heterocycles. The monoisotopic (exact) mass is 488 g/mol. The smallest absolute Gasteiger partial charge is 0.297 e. The summed E-state index contributed by atoms with van der Waals surface area (Å²) in [7, 11) is 0. The molecule has 2 heterocycles. The van der Waals surface area contributed by atoms with Crippen molar-refractivity contribution in [2.75, 3.05) is 13.2 Å². The van der Waals surface area contributed by atoms with Gasteiger partial charge in [-0.3, -0.25) is 9.36 Å². The number of nitrogens with zero attached hydrogens (tertiary/aromatic N) is 4. The van der Waals surface area contributed by atoms with Gasteiger partial charge in [0.25, 0.3) is 5.56 Å². The molecule has 0 aliphatic heterocycles. The van der Waals surface area contributed by atoms with Crippen LogP contribution < -0.4 is 19.8 Å². The molecule has 0 radical (unpaired) electrons. The summed E-state index contributed by atoms with van der Waals surface area (Å²) in [5.74, 6) is 0.0263. The predicted molar refractivity (Wildman–Crippen MR) is 121 cm³/mol. The Hall–Kier alpha value is -3.68. The molecule has 178 valence electrons. The molecule has 3 rings (SSSR count). The first kappa shape index (κ1) is 25.0. The van der Waals surface area contributed by atoms with E-state index in [9.17, 15) is 14.4 Å². The molecule has 11 heteroatoms. The molecule has 3 aromatic rings. The number of nitriles is 1. The SMILES string of the molecule is Cc1cc(Cn2cnc([C@@H](C)F)c(Oc3c(C)cc(C#N)cc3Cl)c2=O)[n+]([O-])cc1OCCO. The van der Waals surface area contributed by atoms with Crippen molar-refractivity contribution in [3.63, 3.8) is 0 Å². The lowest BCUT2D eigenvalue weighted by Gasteiger charge is -2.16. The van der Waals surface area contributed by atoms with Crippen molar-refractivity contribution in [1.29, 1.82) is 5.26 Å². The van der Waals surface area contributed by atoms with E-state index in [4.69, 9.17) is 31.4 Å². The lowest BCUT2D eigenvalue weighted by Crippen LogP contribution is -2.35. The maximum atomic E-state index is 14.3. The number of halogens is 2. The average Bonchev–Trinajstić information content (AvgIpc) is 2.79. The number of hydrogen-bond donors (Lipinski definition) is 1. The third-order valence-electron chi connectivity index (χ3n) is 4.93. The van der Waals surface area contributed by atoms with Gasteiger partial charge in [-0.2, -0.15) is 9.99 Å². The highest BCUT2D eigenvalue weighted by Gasteiger charge is 2.23. The molecule has 0 bridgehead atoms. The van der Waals surface area contributed by atoms with Crippen molar-refractivity contribution >= 4 is 11.6 Å². The van der Waals surface area contributed by atoms with E-state index in [1.54, 1.807) is 19.9 Å². The maximum absolute atomic E-state index is 14.3. The summed E-state index contributed by atoms with van der Waals surface area (Å²) in [5, 5.41) is 30.6. The Balaban J connectivity index is 2.03. The van der Waals surface area contributed by atoms with Crippen molar-refractivity contribution < 1.29 is 23.7 Å². The van der Waals surface area contributed by atoms with E-state index in [-0.39, 0.29) is 47.7 Å². The third-order valence-corrected chi connectivity index (χ3v) is 5.21. The number of benzene rings is 1. The zero-order valence-corrected chi connectivity index (χ0v) is 19.5. The summed E-state index contributed by atoms with van der Waals surface area (Å²) in [6.45, 7) is 4.23. The second-order valence-corrected chi connectivity index (χ2v) is 7.94. The van der Waals surface area contributed by atoms with Gasteiger partial charge in [0, 0.05) is 11.6 Å². The van der Waals surface area contributed by atoms with Crippen LogP contribution in [0, 0.1) is 30.4 Å². The number of alkyl halides is 1. The highest BCUT2D eigenvalue weighted by molar-refractivity contribution is 6.32. The fourth-order valence-electron chi connectivity index (χ4n) is 3.27. The van der Waals surface area contributed by atoms with Crippen LogP contribution in [-0.4, -0.2) is 27.9 Å². The number of ether oxygens (including phenoxy) is 2. The first-order chi connectivity index (χ1) is 16.2. The van der Waals surface area contributed by atoms with Crippen LogP contribution in [0.1, 0.15) is 41.2 Å². The number of hydrogen-bond acceptors (Lipinski definition) is 7. The van der Waals surface area contributed by atoms with E-state index < -0.39 is 11.7 Å². The first-order valence-corrected chi connectivity index (χ1v) is 10.6. The molecule has 1 N–H and O–H groups in total. The van der Waals surface area contributed by atoms with Crippen LogP contribution in [0.25, 0.3) is 0 Å². The van der Waals surface area contributed by atoms with Gasteiger partial charge in [0.2, 0.25) is 17.6 Å². The molecular formula is C23H22ClFN4O5. The quantitative estimate of drug-likeness (QED) is 0.381. The van der Waals surface area contributed by atoms with Gasteiger partial charge in [-0.25, -0.2) is 9.37 Å². The highest BCUT2D eigenvalue weighted by Crippen LogP contribution is 2.35. The fourth-order valence-corrected chi connectivity index (χ4v) is 3.58. The van der Waals surface area contributed by atoms with E-state index in [0.717, 1.165) is 10.9 Å². The zero-order valence-electron chi connectivity index (χ0n) is 18.7. The Kier molecular flexibility index (Phi) is 7.71. The number of aryl methyl sites for hydroxylation is 2. The van der Waals surface area contributed by atoms with E-state index in [1.807, 2.05) is 6.07 Å². The van der Waals surface area contributed by atoms with Crippen LogP contribution in [0.4, 0.5) is 4.39 Å². The molecule has 2 aromatic heterocycles. The molecule has 0 amide bonds. The Morgan fingerprint density at radius 2 is 2.06 bits per heavy atom. The number of aromatic nitrogens is 3. The van der Waals surface area contributed by atoms with Crippen LogP contribution in [-0.2, 0) is 6.54 Å². The molecule has 0 saturated carbocycles. The second kappa shape index (κ2) is 10.5. The average molecular weight is 489 g/mol. The van der Waals surface area contributed by atoms with Crippen molar-refractivity contribution in [2.45, 2.75) is 33.5 Å². The summed E-state index contributed by atoms with van der Waals surface area (Å²) < 4.78 is 27.0. The minimum Gasteiger partial charge on any atom is -0.618 e. The van der Waals surface area contributed by atoms with E-state index in [0.29, 0.717) is 27.2 Å². The van der Waals surface area contributed by atoms with Gasteiger partial charge < -0.3 is 19.8 Å². The summed E-state index contributed by atoms with van der Waals surface area (Å²) in [6, 6.07) is 6.41. The number of aliphatic hydroxyl groups is 1. The number of pyridine rings is 1. The molecule has 9 nitrogen and oxygen atoms in total. The van der Waals surface area contributed by atoms with Crippen molar-refractivity contribution in [3.8, 4) is 23.3 Å². The second-order valence-electron chi connectivity index (χ2n) is 7.54. The molecule has 1 atom stereocenters. The van der Waals surface area contributed by atoms with E-state index in [1.165, 1.54) is 25.3 Å². The fraction of sp³-hybridized carbons (Fsp3) is 0.304. The van der Waals surface area contributed by atoms with E-state index >= 15 is 0 Å². The van der Waals surface area contributed by atoms with Gasteiger partial charge in [-0.15, -0.1) is 0 Å². The summed E-state index contributed by atoms with van der Waals surface area (Å²) in [6.07, 6.45) is 0.720. The number of aliphatic hydroxyl groups excluding tert-OH is 1. The third kappa shape index (κ3) is 5.27. The maximum Gasteiger partial charge on any atom is 0.297 e. The Morgan fingerprint density at radius 3 is 2.68 bits per heavy atom. The summed E-state index contributed by atoms with van der Waals surface area (Å²) in [5.41, 5.74) is 0.675. The van der Waals surface area contributed by atoms with E-state index in [2.05, 4.69) is 4.98 Å². The largest absolute Gasteiger partial charge is 0.618 e. The molecule has 0 aliphatic carbocycles. The molecule has 0 spiro atoms. The summed E-state index contributed by atoms with van der Waals surface area (Å²) >= 11 is 6.24. The van der Waals surface area contributed by atoms with Gasteiger partial charge in [0.1, 0.15) is 30.8 Å². The van der Waals surface area contributed by atoms with Crippen molar-refractivity contribution in [2.24, 2.45) is 0 Å². The molecule has 34 heavy (non-hydrogen) atoms. The molecule has 0 aliphatic rings. The van der Waals surface area contributed by atoms with Gasteiger partial charge in [0.15, 0.2) is 5.75 Å². The minimum atomic E-state index is -1.62.